The van der Waals surface area contributed by atoms with Crippen LogP contribution in [0.1, 0.15) is 43.0 Å². The standard InChI is InChI=1S/C23H32N2O2S/c1-17(2)13-25(23(27)18(3)4)16-22(26)24(14-20-9-7-6-8-10-20)15-21-12-11-19(5)28-21/h6-12,17-18H,13-16H2,1-5H3. The number of rotatable bonds is 9. The van der Waals surface area contributed by atoms with Crippen LogP contribution in [0, 0.1) is 18.8 Å². The lowest BCUT2D eigenvalue weighted by Crippen LogP contribution is -2.45. The summed E-state index contributed by atoms with van der Waals surface area (Å²) < 4.78 is 0. The SMILES string of the molecule is Cc1ccc(CN(Cc2ccccc2)C(=O)CN(CC(C)C)C(=O)C(C)C)s1. The van der Waals surface area contributed by atoms with E-state index in [9.17, 15) is 9.59 Å². The summed E-state index contributed by atoms with van der Waals surface area (Å²) in [6.07, 6.45) is 0. The average molecular weight is 401 g/mol. The van der Waals surface area contributed by atoms with Crippen molar-refractivity contribution in [3.05, 3.63) is 57.8 Å². The second-order valence-corrected chi connectivity index (χ2v) is 9.39. The van der Waals surface area contributed by atoms with Crippen LogP contribution >= 0.6 is 11.3 Å². The Balaban J connectivity index is 2.19. The molecule has 0 saturated heterocycles. The van der Waals surface area contributed by atoms with Crippen LogP contribution in [-0.2, 0) is 22.7 Å². The molecule has 0 bridgehead atoms. The first-order valence-corrected chi connectivity index (χ1v) is 10.7. The molecule has 1 heterocycles. The second-order valence-electron chi connectivity index (χ2n) is 8.02. The first-order chi connectivity index (χ1) is 13.3. The minimum atomic E-state index is -0.117. The van der Waals surface area contributed by atoms with Gasteiger partial charge in [-0.3, -0.25) is 9.59 Å². The smallest absolute Gasteiger partial charge is 0.242 e. The van der Waals surface area contributed by atoms with Crippen LogP contribution in [0.3, 0.4) is 0 Å². The minimum Gasteiger partial charge on any atom is -0.333 e. The molecule has 0 saturated carbocycles. The van der Waals surface area contributed by atoms with Crippen molar-refractivity contribution in [3.63, 3.8) is 0 Å². The number of amides is 2. The average Bonchev–Trinajstić information content (AvgIpc) is 3.05. The Labute approximate surface area is 173 Å². The number of carbonyl (C=O) groups is 2. The van der Waals surface area contributed by atoms with Gasteiger partial charge in [-0.15, -0.1) is 11.3 Å². The molecule has 2 rings (SSSR count). The van der Waals surface area contributed by atoms with Gasteiger partial charge in [-0.2, -0.15) is 0 Å². The van der Waals surface area contributed by atoms with Crippen LogP contribution in [0.25, 0.3) is 0 Å². The summed E-state index contributed by atoms with van der Waals surface area (Å²) in [6, 6.07) is 14.2. The van der Waals surface area contributed by atoms with Gasteiger partial charge in [-0.1, -0.05) is 58.0 Å². The number of hydrogen-bond donors (Lipinski definition) is 0. The third-order valence-electron chi connectivity index (χ3n) is 4.43. The van der Waals surface area contributed by atoms with E-state index in [1.54, 1.807) is 16.2 Å². The molecule has 0 aliphatic carbocycles. The van der Waals surface area contributed by atoms with Crippen molar-refractivity contribution >= 4 is 23.2 Å². The molecule has 0 aliphatic heterocycles. The summed E-state index contributed by atoms with van der Waals surface area (Å²) in [5.41, 5.74) is 1.09. The third kappa shape index (κ3) is 6.79. The highest BCUT2D eigenvalue weighted by atomic mass is 32.1. The van der Waals surface area contributed by atoms with Crippen LogP contribution in [0.4, 0.5) is 0 Å². The van der Waals surface area contributed by atoms with E-state index in [0.29, 0.717) is 25.6 Å². The normalized spacial score (nSPS) is 11.1. The molecule has 5 heteroatoms. The third-order valence-corrected chi connectivity index (χ3v) is 5.41. The molecule has 2 amide bonds. The Morgan fingerprint density at radius 3 is 2.14 bits per heavy atom. The lowest BCUT2D eigenvalue weighted by atomic mass is 10.1. The van der Waals surface area contributed by atoms with Crippen LogP contribution in [-0.4, -0.2) is 34.7 Å². The van der Waals surface area contributed by atoms with Crippen LogP contribution in [0.2, 0.25) is 0 Å². The molecule has 0 spiro atoms. The number of benzene rings is 1. The Morgan fingerprint density at radius 1 is 0.929 bits per heavy atom. The first kappa shape index (κ1) is 22.2. The van der Waals surface area contributed by atoms with E-state index in [4.69, 9.17) is 0 Å². The fraction of sp³-hybridized carbons (Fsp3) is 0.478. The summed E-state index contributed by atoms with van der Waals surface area (Å²) in [5.74, 6) is 0.227. The van der Waals surface area contributed by atoms with Crippen molar-refractivity contribution in [3.8, 4) is 0 Å². The Morgan fingerprint density at radius 2 is 1.61 bits per heavy atom. The van der Waals surface area contributed by atoms with E-state index < -0.39 is 0 Å². The predicted octanol–water partition coefficient (Wildman–Crippen LogP) is 4.73. The lowest BCUT2D eigenvalue weighted by molar-refractivity contribution is -0.143. The summed E-state index contributed by atoms with van der Waals surface area (Å²) in [6.45, 7) is 11.8. The summed E-state index contributed by atoms with van der Waals surface area (Å²) in [4.78, 5) is 31.8. The van der Waals surface area contributed by atoms with E-state index in [-0.39, 0.29) is 24.3 Å². The molecule has 0 radical (unpaired) electrons. The van der Waals surface area contributed by atoms with Gasteiger partial charge in [-0.05, 0) is 30.5 Å². The van der Waals surface area contributed by atoms with Gasteiger partial charge >= 0.3 is 0 Å². The monoisotopic (exact) mass is 400 g/mol. The molecule has 0 N–H and O–H groups in total. The van der Waals surface area contributed by atoms with Gasteiger partial charge in [-0.25, -0.2) is 0 Å². The van der Waals surface area contributed by atoms with Crippen molar-refractivity contribution in [2.45, 2.75) is 47.7 Å². The molecule has 0 fully saturated rings. The van der Waals surface area contributed by atoms with Gasteiger partial charge in [0.25, 0.3) is 0 Å². The molecule has 1 aromatic carbocycles. The molecule has 0 unspecified atom stereocenters. The molecular formula is C23H32N2O2S. The molecule has 4 nitrogen and oxygen atoms in total. The van der Waals surface area contributed by atoms with Gasteiger partial charge in [0.15, 0.2) is 0 Å². The van der Waals surface area contributed by atoms with Gasteiger partial charge in [0.2, 0.25) is 11.8 Å². The van der Waals surface area contributed by atoms with Crippen molar-refractivity contribution in [2.24, 2.45) is 11.8 Å². The largest absolute Gasteiger partial charge is 0.333 e. The summed E-state index contributed by atoms with van der Waals surface area (Å²) >= 11 is 1.71. The zero-order chi connectivity index (χ0) is 20.7. The lowest BCUT2D eigenvalue weighted by Gasteiger charge is -2.29. The molecule has 0 aliphatic rings. The van der Waals surface area contributed by atoms with Crippen LogP contribution < -0.4 is 0 Å². The highest BCUT2D eigenvalue weighted by Crippen LogP contribution is 2.19. The summed E-state index contributed by atoms with van der Waals surface area (Å²) in [7, 11) is 0. The summed E-state index contributed by atoms with van der Waals surface area (Å²) in [5, 5.41) is 0. The van der Waals surface area contributed by atoms with Crippen molar-refractivity contribution in [2.75, 3.05) is 13.1 Å². The van der Waals surface area contributed by atoms with Gasteiger partial charge in [0, 0.05) is 28.8 Å². The van der Waals surface area contributed by atoms with Crippen molar-refractivity contribution < 1.29 is 9.59 Å². The van der Waals surface area contributed by atoms with Gasteiger partial charge in [0.1, 0.15) is 0 Å². The maximum Gasteiger partial charge on any atom is 0.242 e. The number of aryl methyl sites for hydroxylation is 1. The number of hydrogen-bond acceptors (Lipinski definition) is 3. The molecule has 2 aromatic rings. The molecule has 28 heavy (non-hydrogen) atoms. The Bertz CT molecular complexity index is 768. The fourth-order valence-electron chi connectivity index (χ4n) is 3.10. The van der Waals surface area contributed by atoms with Gasteiger partial charge in [0.05, 0.1) is 13.1 Å². The molecule has 0 atom stereocenters. The topological polar surface area (TPSA) is 40.6 Å². The van der Waals surface area contributed by atoms with E-state index >= 15 is 0 Å². The van der Waals surface area contributed by atoms with Crippen molar-refractivity contribution in [1.29, 1.82) is 0 Å². The Hall–Kier alpha value is -2.14. The molecule has 152 valence electrons. The van der Waals surface area contributed by atoms with Crippen LogP contribution in [0.5, 0.6) is 0 Å². The number of carbonyl (C=O) groups excluding carboxylic acids is 2. The zero-order valence-electron chi connectivity index (χ0n) is 17.6. The van der Waals surface area contributed by atoms with Gasteiger partial charge < -0.3 is 9.80 Å². The van der Waals surface area contributed by atoms with Crippen LogP contribution in [0.15, 0.2) is 42.5 Å². The minimum absolute atomic E-state index is 0.00967. The van der Waals surface area contributed by atoms with E-state index in [1.807, 2.05) is 49.1 Å². The maximum atomic E-state index is 13.2. The highest BCUT2D eigenvalue weighted by molar-refractivity contribution is 7.11. The fourth-order valence-corrected chi connectivity index (χ4v) is 4.00. The highest BCUT2D eigenvalue weighted by Gasteiger charge is 2.24. The van der Waals surface area contributed by atoms with Crippen molar-refractivity contribution in [1.82, 2.24) is 9.80 Å². The maximum absolute atomic E-state index is 13.2. The van der Waals surface area contributed by atoms with E-state index in [0.717, 1.165) is 10.4 Å². The number of thiophene rings is 1. The number of nitrogens with zero attached hydrogens (tertiary/aromatic N) is 2. The molecular weight excluding hydrogens is 368 g/mol. The Kier molecular flexibility index (Phi) is 8.24. The molecule has 1 aromatic heterocycles. The van der Waals surface area contributed by atoms with E-state index in [1.165, 1.54) is 4.88 Å². The predicted molar refractivity (Wildman–Crippen MR) is 116 cm³/mol. The van der Waals surface area contributed by atoms with E-state index in [2.05, 4.69) is 32.9 Å². The second kappa shape index (κ2) is 10.4. The zero-order valence-corrected chi connectivity index (χ0v) is 18.5. The first-order valence-electron chi connectivity index (χ1n) is 9.92. The quantitative estimate of drug-likeness (QED) is 0.611.